The molecular weight excluding hydrogens is 412 g/mol. The number of halogens is 7. The molecule has 0 aliphatic carbocycles. The van der Waals surface area contributed by atoms with E-state index in [0.29, 0.717) is 11.1 Å². The number of nitrogens with zero attached hydrogens (tertiary/aromatic N) is 3. The molecule has 2 aromatic carbocycles. The Morgan fingerprint density at radius 1 is 0.821 bits per heavy atom. The molecule has 146 valence electrons. The van der Waals surface area contributed by atoms with E-state index in [1.165, 1.54) is 30.3 Å². The maximum atomic E-state index is 13.2. The predicted octanol–water partition coefficient (Wildman–Crippen LogP) is 6.02. The van der Waals surface area contributed by atoms with E-state index in [2.05, 4.69) is 15.2 Å². The number of hydrogen-bond donors (Lipinski definition) is 0. The molecule has 0 bridgehead atoms. The van der Waals surface area contributed by atoms with Crippen LogP contribution in [-0.2, 0) is 12.4 Å². The van der Waals surface area contributed by atoms with Crippen molar-refractivity contribution in [2.45, 2.75) is 12.4 Å². The van der Waals surface area contributed by atoms with Crippen LogP contribution >= 0.6 is 11.6 Å². The highest BCUT2D eigenvalue weighted by Gasteiger charge is 2.39. The van der Waals surface area contributed by atoms with Crippen molar-refractivity contribution in [1.29, 1.82) is 0 Å². The Kier molecular flexibility index (Phi) is 5.16. The Morgan fingerprint density at radius 3 is 2.11 bits per heavy atom. The molecule has 4 nitrogen and oxygen atoms in total. The minimum Gasteiger partial charge on any atom is -0.437 e. The van der Waals surface area contributed by atoms with Gasteiger partial charge in [0.15, 0.2) is 5.82 Å². The largest absolute Gasteiger partial charge is 0.440 e. The Balaban J connectivity index is 2.06. The zero-order valence-corrected chi connectivity index (χ0v) is 14.3. The summed E-state index contributed by atoms with van der Waals surface area (Å²) in [6.07, 6.45) is -9.58. The zero-order chi connectivity index (χ0) is 20.5. The fraction of sp³-hybridized carbons (Fsp3) is 0.118. The molecule has 0 fully saturated rings. The third kappa shape index (κ3) is 4.50. The summed E-state index contributed by atoms with van der Waals surface area (Å²) in [5.74, 6) is -1.43. The average Bonchev–Trinajstić information content (AvgIpc) is 2.62. The predicted molar refractivity (Wildman–Crippen MR) is 86.8 cm³/mol. The zero-order valence-electron chi connectivity index (χ0n) is 13.5. The van der Waals surface area contributed by atoms with E-state index in [4.69, 9.17) is 16.3 Å². The Bertz CT molecular complexity index is 989. The van der Waals surface area contributed by atoms with Crippen molar-refractivity contribution in [3.63, 3.8) is 0 Å². The molecule has 0 unspecified atom stereocenters. The first kappa shape index (κ1) is 19.9. The van der Waals surface area contributed by atoms with Gasteiger partial charge in [0.25, 0.3) is 5.88 Å². The molecule has 11 heteroatoms. The van der Waals surface area contributed by atoms with Crippen molar-refractivity contribution in [3.05, 3.63) is 64.8 Å². The summed E-state index contributed by atoms with van der Waals surface area (Å²) in [7, 11) is 0. The second-order valence-corrected chi connectivity index (χ2v) is 5.86. The average molecular weight is 420 g/mol. The van der Waals surface area contributed by atoms with Crippen molar-refractivity contribution in [3.8, 4) is 23.0 Å². The van der Waals surface area contributed by atoms with E-state index in [1.807, 2.05) is 0 Å². The summed E-state index contributed by atoms with van der Waals surface area (Å²) in [5, 5.41) is 6.70. The van der Waals surface area contributed by atoms with Gasteiger partial charge in [0.1, 0.15) is 5.75 Å². The summed E-state index contributed by atoms with van der Waals surface area (Å²) >= 11 is 5.71. The Hall–Kier alpha value is -2.88. The highest BCUT2D eigenvalue weighted by Crippen LogP contribution is 2.37. The van der Waals surface area contributed by atoms with Crippen LogP contribution in [0.5, 0.6) is 11.6 Å². The lowest BCUT2D eigenvalue weighted by Crippen LogP contribution is -2.13. The molecule has 3 rings (SSSR count). The van der Waals surface area contributed by atoms with E-state index in [9.17, 15) is 26.3 Å². The van der Waals surface area contributed by atoms with Gasteiger partial charge in [-0.2, -0.15) is 31.3 Å². The SMILES string of the molecule is FC(F)(F)c1cccc(-c2nnc(C(F)(F)F)c(Oc3ccc(Cl)cc3)n2)c1. The fourth-order valence-corrected chi connectivity index (χ4v) is 2.26. The topological polar surface area (TPSA) is 47.9 Å². The van der Waals surface area contributed by atoms with Gasteiger partial charge < -0.3 is 4.74 Å². The standard InChI is InChI=1S/C17H8ClF6N3O/c18-11-4-6-12(7-5-11)28-15-13(17(22,23)24)26-27-14(25-15)9-2-1-3-10(8-9)16(19,20)21/h1-8H. The highest BCUT2D eigenvalue weighted by molar-refractivity contribution is 6.30. The number of alkyl halides is 6. The van der Waals surface area contributed by atoms with E-state index < -0.39 is 35.3 Å². The van der Waals surface area contributed by atoms with Crippen molar-refractivity contribution >= 4 is 11.6 Å². The molecular formula is C17H8ClF6N3O. The Morgan fingerprint density at radius 2 is 1.50 bits per heavy atom. The molecule has 0 N–H and O–H groups in total. The van der Waals surface area contributed by atoms with Crippen LogP contribution in [0.4, 0.5) is 26.3 Å². The number of ether oxygens (including phenoxy) is 1. The van der Waals surface area contributed by atoms with E-state index in [0.717, 1.165) is 12.1 Å². The maximum absolute atomic E-state index is 13.2. The molecule has 0 amide bonds. The van der Waals surface area contributed by atoms with E-state index in [1.54, 1.807) is 0 Å². The quantitative estimate of drug-likeness (QED) is 0.487. The van der Waals surface area contributed by atoms with Crippen LogP contribution in [-0.4, -0.2) is 15.2 Å². The van der Waals surface area contributed by atoms with Gasteiger partial charge >= 0.3 is 12.4 Å². The van der Waals surface area contributed by atoms with Crippen LogP contribution < -0.4 is 4.74 Å². The molecule has 0 radical (unpaired) electrons. The Labute approximate surface area is 158 Å². The van der Waals surface area contributed by atoms with Crippen LogP contribution in [0.3, 0.4) is 0 Å². The lowest BCUT2D eigenvalue weighted by atomic mass is 10.1. The van der Waals surface area contributed by atoms with Gasteiger partial charge in [0.2, 0.25) is 5.69 Å². The van der Waals surface area contributed by atoms with Crippen molar-refractivity contribution in [1.82, 2.24) is 15.2 Å². The lowest BCUT2D eigenvalue weighted by Gasteiger charge is -2.13. The smallest absolute Gasteiger partial charge is 0.437 e. The molecule has 0 aliphatic rings. The van der Waals surface area contributed by atoms with E-state index >= 15 is 0 Å². The second-order valence-electron chi connectivity index (χ2n) is 5.42. The number of aromatic nitrogens is 3. The summed E-state index contributed by atoms with van der Waals surface area (Å²) in [6.45, 7) is 0. The van der Waals surface area contributed by atoms with Crippen LogP contribution in [0.1, 0.15) is 11.3 Å². The second kappa shape index (κ2) is 7.27. The molecule has 1 aromatic heterocycles. The number of rotatable bonds is 3. The molecule has 1 heterocycles. The maximum Gasteiger partial charge on any atom is 0.440 e. The molecule has 0 saturated heterocycles. The molecule has 0 aliphatic heterocycles. The van der Waals surface area contributed by atoms with Crippen molar-refractivity contribution in [2.75, 3.05) is 0 Å². The fourth-order valence-electron chi connectivity index (χ4n) is 2.13. The first-order chi connectivity index (χ1) is 13.0. The lowest BCUT2D eigenvalue weighted by molar-refractivity contribution is -0.143. The molecule has 3 aromatic rings. The van der Waals surface area contributed by atoms with Gasteiger partial charge in [-0.25, -0.2) is 0 Å². The summed E-state index contributed by atoms with van der Waals surface area (Å²) in [6, 6.07) is 9.18. The first-order valence-electron chi connectivity index (χ1n) is 7.47. The van der Waals surface area contributed by atoms with E-state index in [-0.39, 0.29) is 11.3 Å². The molecule has 0 saturated carbocycles. The minimum absolute atomic E-state index is 0.0228. The van der Waals surface area contributed by atoms with Gasteiger partial charge in [0.05, 0.1) is 5.56 Å². The van der Waals surface area contributed by atoms with Crippen LogP contribution in [0.15, 0.2) is 48.5 Å². The molecule has 0 atom stereocenters. The normalized spacial score (nSPS) is 12.1. The van der Waals surface area contributed by atoms with Gasteiger partial charge in [-0.15, -0.1) is 10.2 Å². The van der Waals surface area contributed by atoms with Crippen molar-refractivity contribution in [2.24, 2.45) is 0 Å². The summed E-state index contributed by atoms with van der Waals surface area (Å²) in [4.78, 5) is 3.63. The van der Waals surface area contributed by atoms with Gasteiger partial charge in [-0.3, -0.25) is 0 Å². The van der Waals surface area contributed by atoms with Crippen LogP contribution in [0.2, 0.25) is 5.02 Å². The third-order valence-corrected chi connectivity index (χ3v) is 3.65. The third-order valence-electron chi connectivity index (χ3n) is 3.40. The van der Waals surface area contributed by atoms with Gasteiger partial charge in [-0.05, 0) is 36.4 Å². The number of hydrogen-bond acceptors (Lipinski definition) is 4. The summed E-state index contributed by atoms with van der Waals surface area (Å²) in [5.41, 5.74) is -2.69. The van der Waals surface area contributed by atoms with Crippen molar-refractivity contribution < 1.29 is 31.1 Å². The molecule has 0 spiro atoms. The first-order valence-corrected chi connectivity index (χ1v) is 7.85. The van der Waals surface area contributed by atoms with Gasteiger partial charge in [-0.1, -0.05) is 23.7 Å². The van der Waals surface area contributed by atoms with Gasteiger partial charge in [0, 0.05) is 10.6 Å². The molecule has 28 heavy (non-hydrogen) atoms. The minimum atomic E-state index is -4.94. The highest BCUT2D eigenvalue weighted by atomic mass is 35.5. The summed E-state index contributed by atoms with van der Waals surface area (Å²) < 4.78 is 83.3. The van der Waals surface area contributed by atoms with Crippen LogP contribution in [0, 0.1) is 0 Å². The number of benzene rings is 2. The monoisotopic (exact) mass is 419 g/mol. The van der Waals surface area contributed by atoms with Crippen LogP contribution in [0.25, 0.3) is 11.4 Å².